The molecule has 2 aromatic rings. The van der Waals surface area contributed by atoms with Crippen LogP contribution in [0.15, 0.2) is 23.4 Å². The second-order valence-corrected chi connectivity index (χ2v) is 7.38. The number of benzene rings is 1. The summed E-state index contributed by atoms with van der Waals surface area (Å²) in [7, 11) is 1.77. The molecule has 0 aliphatic rings. The second kappa shape index (κ2) is 8.88. The molecule has 0 bridgehead atoms. The van der Waals surface area contributed by atoms with Crippen molar-refractivity contribution in [1.82, 2.24) is 14.9 Å². The van der Waals surface area contributed by atoms with Gasteiger partial charge in [0.2, 0.25) is 5.91 Å². The van der Waals surface area contributed by atoms with Gasteiger partial charge in [0, 0.05) is 31.4 Å². The Balaban J connectivity index is 2.01. The highest BCUT2D eigenvalue weighted by Gasteiger charge is 2.15. The Bertz CT molecular complexity index is 760. The van der Waals surface area contributed by atoms with E-state index >= 15 is 0 Å². The molecule has 0 saturated carbocycles. The Morgan fingerprint density at radius 2 is 1.84 bits per heavy atom. The van der Waals surface area contributed by atoms with Crippen LogP contribution in [0.5, 0.6) is 0 Å². The maximum atomic E-state index is 12.5. The molecular formula is C18H21Cl2N3OS. The minimum atomic E-state index is 0.0452. The van der Waals surface area contributed by atoms with Crippen LogP contribution in [0.1, 0.15) is 28.9 Å². The van der Waals surface area contributed by atoms with Crippen LogP contribution in [0.4, 0.5) is 0 Å². The van der Waals surface area contributed by atoms with Crippen molar-refractivity contribution in [3.63, 3.8) is 0 Å². The lowest BCUT2D eigenvalue weighted by Crippen LogP contribution is -2.26. The number of amides is 1. The van der Waals surface area contributed by atoms with Crippen LogP contribution in [0.2, 0.25) is 10.0 Å². The van der Waals surface area contributed by atoms with Crippen LogP contribution >= 0.6 is 35.0 Å². The van der Waals surface area contributed by atoms with Crippen LogP contribution in [0.3, 0.4) is 0 Å². The van der Waals surface area contributed by atoms with Gasteiger partial charge in [0.25, 0.3) is 0 Å². The van der Waals surface area contributed by atoms with Crippen molar-refractivity contribution in [3.8, 4) is 0 Å². The first-order valence-electron chi connectivity index (χ1n) is 7.88. The van der Waals surface area contributed by atoms with Crippen molar-refractivity contribution in [2.45, 2.75) is 38.4 Å². The Kier molecular flexibility index (Phi) is 7.11. The van der Waals surface area contributed by atoms with Crippen LogP contribution in [0.25, 0.3) is 0 Å². The van der Waals surface area contributed by atoms with Crippen molar-refractivity contribution < 1.29 is 4.79 Å². The maximum absolute atomic E-state index is 12.5. The van der Waals surface area contributed by atoms with Gasteiger partial charge in [0.05, 0.1) is 10.0 Å². The van der Waals surface area contributed by atoms with E-state index in [1.54, 1.807) is 18.0 Å². The van der Waals surface area contributed by atoms with E-state index in [2.05, 4.69) is 9.97 Å². The third kappa shape index (κ3) is 5.09. The fraction of sp³-hybridized carbons (Fsp3) is 0.389. The Hall–Kier alpha value is -1.30. The molecule has 25 heavy (non-hydrogen) atoms. The van der Waals surface area contributed by atoms with Gasteiger partial charge in [-0.2, -0.15) is 0 Å². The highest BCUT2D eigenvalue weighted by Crippen LogP contribution is 2.26. The molecule has 1 aromatic heterocycles. The molecule has 0 unspecified atom stereocenters. The van der Waals surface area contributed by atoms with Crippen molar-refractivity contribution >= 4 is 40.9 Å². The van der Waals surface area contributed by atoms with E-state index in [1.165, 1.54) is 11.8 Å². The summed E-state index contributed by atoms with van der Waals surface area (Å²) in [5.41, 5.74) is 3.75. The summed E-state index contributed by atoms with van der Waals surface area (Å²) in [5.74, 6) is 0.0452. The van der Waals surface area contributed by atoms with Crippen LogP contribution in [-0.2, 0) is 17.8 Å². The van der Waals surface area contributed by atoms with E-state index in [0.29, 0.717) is 29.4 Å². The first-order chi connectivity index (χ1) is 11.8. The number of rotatable bonds is 6. The zero-order valence-electron chi connectivity index (χ0n) is 14.8. The molecule has 0 radical (unpaired) electrons. The smallest absolute Gasteiger partial charge is 0.222 e. The number of hydrogen-bond donors (Lipinski definition) is 0. The minimum Gasteiger partial charge on any atom is -0.341 e. The summed E-state index contributed by atoms with van der Waals surface area (Å²) in [4.78, 5) is 23.1. The number of thioether (sulfide) groups is 1. The zero-order valence-corrected chi connectivity index (χ0v) is 17.1. The molecule has 1 heterocycles. The van der Waals surface area contributed by atoms with Gasteiger partial charge in [-0.15, -0.1) is 0 Å². The average molecular weight is 398 g/mol. The highest BCUT2D eigenvalue weighted by molar-refractivity contribution is 7.98. The standard InChI is InChI=1S/C18H21Cl2N3OS/c1-11-14(12(2)22-18(21-11)25-4)8-9-16(24)23(3)10-13-6-5-7-15(19)17(13)20/h5-7H,8-10H2,1-4H3. The summed E-state index contributed by atoms with van der Waals surface area (Å²) in [6, 6.07) is 5.44. The minimum absolute atomic E-state index is 0.0452. The molecule has 0 saturated heterocycles. The molecule has 0 aliphatic heterocycles. The number of carbonyl (C=O) groups excluding carboxylic acids is 1. The number of aryl methyl sites for hydroxylation is 2. The van der Waals surface area contributed by atoms with Gasteiger partial charge in [0.1, 0.15) is 0 Å². The van der Waals surface area contributed by atoms with Gasteiger partial charge in [0.15, 0.2) is 5.16 Å². The first kappa shape index (κ1) is 20.0. The Morgan fingerprint density at radius 3 is 2.44 bits per heavy atom. The number of aromatic nitrogens is 2. The predicted molar refractivity (Wildman–Crippen MR) is 105 cm³/mol. The van der Waals surface area contributed by atoms with E-state index in [0.717, 1.165) is 27.7 Å². The molecule has 0 spiro atoms. The predicted octanol–water partition coefficient (Wildman–Crippen LogP) is 4.71. The monoisotopic (exact) mass is 397 g/mol. The third-order valence-electron chi connectivity index (χ3n) is 4.04. The van der Waals surface area contributed by atoms with Gasteiger partial charge >= 0.3 is 0 Å². The van der Waals surface area contributed by atoms with Gasteiger partial charge < -0.3 is 4.90 Å². The second-order valence-electron chi connectivity index (χ2n) is 5.82. The van der Waals surface area contributed by atoms with Crippen LogP contribution < -0.4 is 0 Å². The lowest BCUT2D eigenvalue weighted by molar-refractivity contribution is -0.130. The van der Waals surface area contributed by atoms with Gasteiger partial charge in [-0.3, -0.25) is 4.79 Å². The molecule has 0 N–H and O–H groups in total. The van der Waals surface area contributed by atoms with Crippen molar-refractivity contribution in [2.24, 2.45) is 0 Å². The summed E-state index contributed by atoms with van der Waals surface area (Å²) >= 11 is 13.7. The topological polar surface area (TPSA) is 46.1 Å². The SMILES string of the molecule is CSc1nc(C)c(CCC(=O)N(C)Cc2cccc(Cl)c2Cl)c(C)n1. The van der Waals surface area contributed by atoms with Gasteiger partial charge in [-0.05, 0) is 43.7 Å². The first-order valence-corrected chi connectivity index (χ1v) is 9.86. The fourth-order valence-electron chi connectivity index (χ4n) is 2.60. The molecule has 0 fully saturated rings. The molecule has 1 aromatic carbocycles. The molecule has 4 nitrogen and oxygen atoms in total. The lowest BCUT2D eigenvalue weighted by Gasteiger charge is -2.19. The number of carbonyl (C=O) groups is 1. The molecular weight excluding hydrogens is 377 g/mol. The molecule has 0 aliphatic carbocycles. The molecule has 1 amide bonds. The van der Waals surface area contributed by atoms with Gasteiger partial charge in [-0.25, -0.2) is 9.97 Å². The van der Waals surface area contributed by atoms with Crippen molar-refractivity contribution in [1.29, 1.82) is 0 Å². The van der Waals surface area contributed by atoms with E-state index in [4.69, 9.17) is 23.2 Å². The van der Waals surface area contributed by atoms with E-state index < -0.39 is 0 Å². The van der Waals surface area contributed by atoms with Crippen molar-refractivity contribution in [3.05, 3.63) is 50.8 Å². The molecule has 7 heteroatoms. The number of hydrogen-bond acceptors (Lipinski definition) is 4. The summed E-state index contributed by atoms with van der Waals surface area (Å²) in [6.07, 6.45) is 2.98. The number of halogens is 2. The Morgan fingerprint density at radius 1 is 1.20 bits per heavy atom. The summed E-state index contributed by atoms with van der Waals surface area (Å²) in [6.45, 7) is 4.35. The van der Waals surface area contributed by atoms with Crippen molar-refractivity contribution in [2.75, 3.05) is 13.3 Å². The number of nitrogens with zero attached hydrogens (tertiary/aromatic N) is 3. The van der Waals surface area contributed by atoms with Crippen LogP contribution in [-0.4, -0.2) is 34.1 Å². The molecule has 134 valence electrons. The largest absolute Gasteiger partial charge is 0.341 e. The Labute approximate surface area is 162 Å². The van der Waals surface area contributed by atoms with Gasteiger partial charge in [-0.1, -0.05) is 47.1 Å². The summed E-state index contributed by atoms with van der Waals surface area (Å²) in [5, 5.41) is 1.76. The fourth-order valence-corrected chi connectivity index (χ4v) is 3.44. The molecule has 2 rings (SSSR count). The average Bonchev–Trinajstić information content (AvgIpc) is 2.57. The van der Waals surface area contributed by atoms with E-state index in [9.17, 15) is 4.79 Å². The summed E-state index contributed by atoms with van der Waals surface area (Å²) < 4.78 is 0. The van der Waals surface area contributed by atoms with E-state index in [-0.39, 0.29) is 5.91 Å². The lowest BCUT2D eigenvalue weighted by atomic mass is 10.1. The normalized spacial score (nSPS) is 10.8. The van der Waals surface area contributed by atoms with Crippen LogP contribution in [0, 0.1) is 13.8 Å². The highest BCUT2D eigenvalue weighted by atomic mass is 35.5. The van der Waals surface area contributed by atoms with E-state index in [1.807, 2.05) is 32.2 Å². The third-order valence-corrected chi connectivity index (χ3v) is 5.44. The maximum Gasteiger partial charge on any atom is 0.222 e. The molecule has 0 atom stereocenters. The zero-order chi connectivity index (χ0) is 18.6. The quantitative estimate of drug-likeness (QED) is 0.522.